The zero-order valence-corrected chi connectivity index (χ0v) is 22.1. The number of nitrogens with one attached hydrogen (secondary N) is 2. The Labute approximate surface area is 221 Å². The molecule has 3 heterocycles. The fourth-order valence-corrected chi connectivity index (χ4v) is 6.36. The van der Waals surface area contributed by atoms with Crippen LogP contribution < -0.4 is 14.8 Å². The van der Waals surface area contributed by atoms with Crippen molar-refractivity contribution in [2.45, 2.75) is 36.7 Å². The summed E-state index contributed by atoms with van der Waals surface area (Å²) in [4.78, 5) is 34.3. The Kier molecular flexibility index (Phi) is 6.03. The van der Waals surface area contributed by atoms with E-state index in [0.717, 1.165) is 6.08 Å². The number of anilines is 2. The van der Waals surface area contributed by atoms with Gasteiger partial charge < -0.3 is 15.2 Å². The number of aliphatic hydroxyl groups is 1. The number of pyridine rings is 2. The first-order valence-corrected chi connectivity index (χ1v) is 13.5. The third-order valence-electron chi connectivity index (χ3n) is 6.15. The fraction of sp³-hybridized carbons (Fsp3) is 0.200. The van der Waals surface area contributed by atoms with E-state index in [1.807, 2.05) is 0 Å². The monoisotopic (exact) mass is 584 g/mol. The molecule has 1 aromatic carbocycles. The van der Waals surface area contributed by atoms with Gasteiger partial charge in [-0.15, -0.1) is 0 Å². The summed E-state index contributed by atoms with van der Waals surface area (Å²) in [6, 6.07) is 12.8. The van der Waals surface area contributed by atoms with Gasteiger partial charge in [0.05, 0.1) is 5.92 Å². The van der Waals surface area contributed by atoms with Crippen molar-refractivity contribution >= 4 is 49.3 Å². The SMILES string of the molecule is Cc1cccc(NC(=O)[C@@]23Oc4c(cc(Br)cc4S(=O)(=O)Nc4cccc(C)n4)[C@@H]2CC(=O)C=C3O)n1. The molecule has 3 N–H and O–H groups in total. The summed E-state index contributed by atoms with van der Waals surface area (Å²) < 4.78 is 35.8. The van der Waals surface area contributed by atoms with Gasteiger partial charge in [-0.3, -0.25) is 14.3 Å². The van der Waals surface area contributed by atoms with Crippen LogP contribution in [0.4, 0.5) is 11.6 Å². The van der Waals surface area contributed by atoms with E-state index in [9.17, 15) is 23.1 Å². The molecule has 3 aromatic rings. The highest BCUT2D eigenvalue weighted by molar-refractivity contribution is 9.10. The Bertz CT molecular complexity index is 1610. The molecule has 0 fully saturated rings. The van der Waals surface area contributed by atoms with Gasteiger partial charge in [-0.05, 0) is 50.2 Å². The molecule has 0 unspecified atom stereocenters. The number of sulfonamides is 1. The smallest absolute Gasteiger partial charge is 0.278 e. The highest BCUT2D eigenvalue weighted by atomic mass is 79.9. The number of fused-ring (bicyclic) bond motifs is 3. The Morgan fingerprint density at radius 1 is 1.11 bits per heavy atom. The van der Waals surface area contributed by atoms with Crippen LogP contribution in [0.2, 0.25) is 0 Å². The number of hydrogen-bond acceptors (Lipinski definition) is 8. The maximum atomic E-state index is 13.7. The van der Waals surface area contributed by atoms with E-state index in [-0.39, 0.29) is 34.3 Å². The second-order valence-electron chi connectivity index (χ2n) is 8.80. The maximum Gasteiger partial charge on any atom is 0.278 e. The summed E-state index contributed by atoms with van der Waals surface area (Å²) in [6.07, 6.45) is 0.748. The molecule has 37 heavy (non-hydrogen) atoms. The van der Waals surface area contributed by atoms with Gasteiger partial charge in [0.15, 0.2) is 5.78 Å². The van der Waals surface area contributed by atoms with E-state index in [2.05, 4.69) is 35.9 Å². The summed E-state index contributed by atoms with van der Waals surface area (Å²) in [5, 5.41) is 13.6. The van der Waals surface area contributed by atoms with E-state index >= 15 is 0 Å². The molecule has 1 aliphatic heterocycles. The van der Waals surface area contributed by atoms with Crippen molar-refractivity contribution in [2.24, 2.45) is 0 Å². The maximum absolute atomic E-state index is 13.7. The molecule has 2 atom stereocenters. The molecule has 2 aliphatic rings. The number of aryl methyl sites for hydroxylation is 2. The molecule has 10 nitrogen and oxygen atoms in total. The fourth-order valence-electron chi connectivity index (χ4n) is 4.55. The van der Waals surface area contributed by atoms with E-state index in [1.165, 1.54) is 12.1 Å². The minimum Gasteiger partial charge on any atom is -0.507 e. The van der Waals surface area contributed by atoms with Gasteiger partial charge in [-0.2, -0.15) is 0 Å². The van der Waals surface area contributed by atoms with E-state index in [1.54, 1.807) is 50.2 Å². The molecule has 0 bridgehead atoms. The number of carbonyl (C=O) groups is 2. The van der Waals surface area contributed by atoms with Crippen LogP contribution in [0.15, 0.2) is 69.7 Å². The molecule has 2 aromatic heterocycles. The lowest BCUT2D eigenvalue weighted by atomic mass is 9.75. The predicted molar refractivity (Wildman–Crippen MR) is 138 cm³/mol. The Morgan fingerprint density at radius 3 is 2.43 bits per heavy atom. The minimum atomic E-state index is -4.27. The van der Waals surface area contributed by atoms with Crippen molar-refractivity contribution in [3.8, 4) is 5.75 Å². The first-order valence-electron chi connectivity index (χ1n) is 11.2. The molecule has 5 rings (SSSR count). The number of amides is 1. The number of aromatic nitrogens is 2. The standard InChI is InChI=1S/C25H21BrN4O6S/c1-13-5-3-7-21(27-13)29-24(33)25-18(11-16(31)12-20(25)32)17-9-15(26)10-19(23(17)36-25)37(34,35)30-22-8-4-6-14(2)28-22/h3-10,12,18,32H,11H2,1-2H3,(H,28,30)(H,27,29,33)/t18-,25+/m0/s1. The summed E-state index contributed by atoms with van der Waals surface area (Å²) in [6.45, 7) is 3.47. The van der Waals surface area contributed by atoms with Gasteiger partial charge in [0, 0.05) is 33.9 Å². The minimum absolute atomic E-state index is 0.0973. The molecule has 190 valence electrons. The van der Waals surface area contributed by atoms with Crippen LogP contribution in [-0.2, 0) is 19.6 Å². The van der Waals surface area contributed by atoms with E-state index < -0.39 is 39.0 Å². The van der Waals surface area contributed by atoms with Crippen LogP contribution in [0.1, 0.15) is 29.3 Å². The molecular weight excluding hydrogens is 564 g/mol. The first kappa shape index (κ1) is 24.9. The number of aliphatic hydroxyl groups excluding tert-OH is 1. The van der Waals surface area contributed by atoms with Crippen molar-refractivity contribution in [3.05, 3.63) is 81.8 Å². The normalized spacial score (nSPS) is 20.4. The third-order valence-corrected chi connectivity index (χ3v) is 7.96. The number of carbonyl (C=O) groups excluding carboxylic acids is 2. The van der Waals surface area contributed by atoms with Gasteiger partial charge in [0.1, 0.15) is 28.0 Å². The molecule has 1 aliphatic carbocycles. The van der Waals surface area contributed by atoms with Gasteiger partial charge in [-0.25, -0.2) is 18.4 Å². The summed E-state index contributed by atoms with van der Waals surface area (Å²) >= 11 is 3.33. The number of nitrogens with zero attached hydrogens (tertiary/aromatic N) is 2. The molecule has 1 amide bonds. The van der Waals surface area contributed by atoms with Crippen molar-refractivity contribution < 1.29 is 27.9 Å². The topological polar surface area (TPSA) is 148 Å². The van der Waals surface area contributed by atoms with Crippen molar-refractivity contribution in [3.63, 3.8) is 0 Å². The Balaban J connectivity index is 1.62. The number of allylic oxidation sites excluding steroid dienone is 1. The molecule has 0 spiro atoms. The van der Waals surface area contributed by atoms with Crippen molar-refractivity contribution in [1.82, 2.24) is 9.97 Å². The van der Waals surface area contributed by atoms with Gasteiger partial charge >= 0.3 is 0 Å². The molecular formula is C25H21BrN4O6S. The van der Waals surface area contributed by atoms with Gasteiger partial charge in [0.25, 0.3) is 21.5 Å². The van der Waals surface area contributed by atoms with Gasteiger partial charge in [-0.1, -0.05) is 28.1 Å². The van der Waals surface area contributed by atoms with E-state index in [0.29, 0.717) is 15.9 Å². The van der Waals surface area contributed by atoms with Crippen LogP contribution in [0.3, 0.4) is 0 Å². The van der Waals surface area contributed by atoms with Crippen LogP contribution >= 0.6 is 15.9 Å². The Hall–Kier alpha value is -3.77. The second kappa shape index (κ2) is 8.96. The predicted octanol–water partition coefficient (Wildman–Crippen LogP) is 3.92. The van der Waals surface area contributed by atoms with Gasteiger partial charge in [0.2, 0.25) is 0 Å². The highest BCUT2D eigenvalue weighted by Gasteiger charge is 2.61. The average Bonchev–Trinajstić information content (AvgIpc) is 3.14. The highest BCUT2D eigenvalue weighted by Crippen LogP contribution is 2.55. The van der Waals surface area contributed by atoms with Crippen LogP contribution in [-0.4, -0.2) is 40.8 Å². The number of ether oxygens (including phenoxy) is 1. The molecule has 12 heteroatoms. The zero-order valence-electron chi connectivity index (χ0n) is 19.6. The lowest BCUT2D eigenvalue weighted by Gasteiger charge is -2.34. The number of rotatable bonds is 5. The molecule has 0 saturated heterocycles. The summed E-state index contributed by atoms with van der Waals surface area (Å²) in [5.41, 5.74) is -0.536. The lowest BCUT2D eigenvalue weighted by molar-refractivity contribution is -0.133. The average molecular weight is 585 g/mol. The number of hydrogen-bond donors (Lipinski definition) is 3. The molecule has 0 saturated carbocycles. The van der Waals surface area contributed by atoms with Crippen LogP contribution in [0.5, 0.6) is 5.75 Å². The quantitative estimate of drug-likeness (QED) is 0.408. The first-order chi connectivity index (χ1) is 17.5. The largest absolute Gasteiger partial charge is 0.507 e. The lowest BCUT2D eigenvalue weighted by Crippen LogP contribution is -2.53. The number of ketones is 1. The van der Waals surface area contributed by atoms with Crippen molar-refractivity contribution in [2.75, 3.05) is 10.0 Å². The second-order valence-corrected chi connectivity index (χ2v) is 11.4. The third kappa shape index (κ3) is 4.36. The zero-order chi connectivity index (χ0) is 26.5. The summed E-state index contributed by atoms with van der Waals surface area (Å²) in [7, 11) is -4.27. The molecule has 0 radical (unpaired) electrons. The van der Waals surface area contributed by atoms with Crippen LogP contribution in [0, 0.1) is 13.8 Å². The van der Waals surface area contributed by atoms with Crippen LogP contribution in [0.25, 0.3) is 0 Å². The van der Waals surface area contributed by atoms with Crippen molar-refractivity contribution in [1.29, 1.82) is 0 Å². The van der Waals surface area contributed by atoms with E-state index in [4.69, 9.17) is 4.74 Å². The number of halogens is 1. The Morgan fingerprint density at radius 2 is 1.76 bits per heavy atom. The number of benzene rings is 1. The summed E-state index contributed by atoms with van der Waals surface area (Å²) in [5.74, 6) is -2.67.